The highest BCUT2D eigenvalue weighted by Gasteiger charge is 2.47. The van der Waals surface area contributed by atoms with Gasteiger partial charge in [0.05, 0.1) is 17.1 Å². The van der Waals surface area contributed by atoms with Crippen LogP contribution in [0.15, 0.2) is 176 Å². The van der Waals surface area contributed by atoms with E-state index in [4.69, 9.17) is 4.98 Å². The van der Waals surface area contributed by atoms with Crippen molar-refractivity contribution in [2.24, 2.45) is 5.41 Å². The van der Waals surface area contributed by atoms with Gasteiger partial charge in [-0.3, -0.25) is 0 Å². The zero-order valence-electron chi connectivity index (χ0n) is 28.2. The summed E-state index contributed by atoms with van der Waals surface area (Å²) in [6, 6.07) is 60.8. The molecule has 8 rings (SSSR count). The molecule has 6 aromatic carbocycles. The summed E-state index contributed by atoms with van der Waals surface area (Å²) in [5, 5.41) is 0. The van der Waals surface area contributed by atoms with Crippen molar-refractivity contribution < 1.29 is 0 Å². The number of hydrogen-bond acceptors (Lipinski definition) is 3. The van der Waals surface area contributed by atoms with Crippen molar-refractivity contribution in [2.75, 3.05) is 9.80 Å². The zero-order valence-corrected chi connectivity index (χ0v) is 28.2. The second-order valence-corrected chi connectivity index (χ2v) is 13.7. The third-order valence-electron chi connectivity index (χ3n) is 9.41. The maximum absolute atomic E-state index is 5.22. The van der Waals surface area contributed by atoms with Crippen molar-refractivity contribution >= 4 is 22.9 Å². The molecule has 0 spiro atoms. The Kier molecular flexibility index (Phi) is 7.81. The van der Waals surface area contributed by atoms with Crippen molar-refractivity contribution in [3.63, 3.8) is 0 Å². The molecule has 238 valence electrons. The van der Waals surface area contributed by atoms with E-state index in [0.29, 0.717) is 0 Å². The van der Waals surface area contributed by atoms with Crippen LogP contribution in [0.25, 0.3) is 44.5 Å². The molecule has 1 aliphatic rings. The predicted molar refractivity (Wildman–Crippen MR) is 206 cm³/mol. The number of nitrogens with zero attached hydrogens (tertiary/aromatic N) is 3. The van der Waals surface area contributed by atoms with Gasteiger partial charge in [-0.2, -0.15) is 0 Å². The average molecular weight is 634 g/mol. The molecule has 1 aromatic heterocycles. The minimum Gasteiger partial charge on any atom is -0.315 e. The van der Waals surface area contributed by atoms with Crippen molar-refractivity contribution in [1.82, 2.24) is 4.98 Å². The molecule has 3 heteroatoms. The molecule has 7 aromatic rings. The van der Waals surface area contributed by atoms with E-state index in [9.17, 15) is 0 Å². The Balaban J connectivity index is 1.47. The molecule has 1 unspecified atom stereocenters. The zero-order chi connectivity index (χ0) is 33.4. The smallest absolute Gasteiger partial charge is 0.158 e. The number of hydrogen-bond donors (Lipinski definition) is 0. The molecule has 0 fully saturated rings. The van der Waals surface area contributed by atoms with E-state index in [2.05, 4.69) is 200 Å². The van der Waals surface area contributed by atoms with Gasteiger partial charge in [0.2, 0.25) is 0 Å². The summed E-state index contributed by atoms with van der Waals surface area (Å²) in [6.45, 7) is 7.05. The number of para-hydroxylation sites is 2. The first kappa shape index (κ1) is 30.4. The monoisotopic (exact) mass is 633 g/mol. The first-order valence-electron chi connectivity index (χ1n) is 17.0. The van der Waals surface area contributed by atoms with Crippen LogP contribution in [0.4, 0.5) is 22.9 Å². The summed E-state index contributed by atoms with van der Waals surface area (Å²) >= 11 is 0. The Morgan fingerprint density at radius 1 is 0.408 bits per heavy atom. The highest BCUT2D eigenvalue weighted by atomic mass is 15.5. The molecule has 3 nitrogen and oxygen atoms in total. The molecular formula is C46H39N3. The number of anilines is 4. The maximum Gasteiger partial charge on any atom is 0.158 e. The highest BCUT2D eigenvalue weighted by molar-refractivity contribution is 6.02. The van der Waals surface area contributed by atoms with Crippen LogP contribution >= 0.6 is 0 Å². The van der Waals surface area contributed by atoms with Gasteiger partial charge in [-0.05, 0) is 34.4 Å². The fourth-order valence-corrected chi connectivity index (χ4v) is 7.38. The van der Waals surface area contributed by atoms with Crippen LogP contribution in [-0.2, 0) is 0 Å². The van der Waals surface area contributed by atoms with Gasteiger partial charge in [-0.25, -0.2) is 4.98 Å². The SMILES string of the molecule is CC(C)(C)C1N(c2c(-c3ccccc3)cccc2-c2ccccc2)c2cccnc2N1c1c(-c2ccccc2)cccc1-c1ccccc1. The Hall–Kier alpha value is -5.93. The molecule has 1 atom stereocenters. The lowest BCUT2D eigenvalue weighted by atomic mass is 9.87. The van der Waals surface area contributed by atoms with Crippen LogP contribution in [0.5, 0.6) is 0 Å². The van der Waals surface area contributed by atoms with Crippen LogP contribution in [0.1, 0.15) is 20.8 Å². The van der Waals surface area contributed by atoms with Gasteiger partial charge in [-0.1, -0.05) is 178 Å². The van der Waals surface area contributed by atoms with Gasteiger partial charge in [0.15, 0.2) is 5.82 Å². The number of fused-ring (bicyclic) bond motifs is 1. The summed E-state index contributed by atoms with van der Waals surface area (Å²) in [4.78, 5) is 10.3. The van der Waals surface area contributed by atoms with Gasteiger partial charge in [-0.15, -0.1) is 0 Å². The van der Waals surface area contributed by atoms with Gasteiger partial charge < -0.3 is 9.80 Å². The third kappa shape index (κ3) is 5.48. The molecule has 49 heavy (non-hydrogen) atoms. The van der Waals surface area contributed by atoms with Gasteiger partial charge in [0.25, 0.3) is 0 Å². The summed E-state index contributed by atoms with van der Waals surface area (Å²) < 4.78 is 0. The molecule has 0 amide bonds. The molecule has 1 aliphatic heterocycles. The minimum atomic E-state index is -0.226. The lowest BCUT2D eigenvalue weighted by Gasteiger charge is -2.43. The number of aromatic nitrogens is 1. The molecule has 0 saturated carbocycles. The standard InChI is InChI=1S/C46H39N3/c1-46(2,3)45-48(42-37(33-19-8-4-9-20-33)27-16-28-38(42)34-21-10-5-11-22-34)41-31-18-32-47-44(41)49(45)43-39(35-23-12-6-13-24-35)29-17-30-40(43)36-25-14-7-15-26-36/h4-32,45H,1-3H3. The van der Waals surface area contributed by atoms with Crippen LogP contribution < -0.4 is 9.80 Å². The van der Waals surface area contributed by atoms with Crippen molar-refractivity contribution in [3.05, 3.63) is 176 Å². The second-order valence-electron chi connectivity index (χ2n) is 13.7. The molecule has 0 saturated heterocycles. The molecule has 0 radical (unpaired) electrons. The molecule has 0 bridgehead atoms. The highest BCUT2D eigenvalue weighted by Crippen LogP contribution is 2.57. The number of pyridine rings is 1. The fraction of sp³-hybridized carbons (Fsp3) is 0.109. The predicted octanol–water partition coefficient (Wildman–Crippen LogP) is 12.4. The van der Waals surface area contributed by atoms with E-state index in [0.717, 1.165) is 17.2 Å². The van der Waals surface area contributed by atoms with Crippen LogP contribution in [0.3, 0.4) is 0 Å². The third-order valence-corrected chi connectivity index (χ3v) is 9.41. The Morgan fingerprint density at radius 3 is 1.14 bits per heavy atom. The Bertz CT molecular complexity index is 1940. The molecule has 2 heterocycles. The summed E-state index contributed by atoms with van der Waals surface area (Å²) in [6.07, 6.45) is 1.81. The number of rotatable bonds is 6. The summed E-state index contributed by atoms with van der Waals surface area (Å²) in [5.74, 6) is 0.949. The molecular weight excluding hydrogens is 595 g/mol. The first-order valence-corrected chi connectivity index (χ1v) is 17.0. The second kappa shape index (κ2) is 12.6. The lowest BCUT2D eigenvalue weighted by Crippen LogP contribution is -2.48. The van der Waals surface area contributed by atoms with E-state index < -0.39 is 0 Å². The topological polar surface area (TPSA) is 19.4 Å². The fourth-order valence-electron chi connectivity index (χ4n) is 7.38. The average Bonchev–Trinajstić information content (AvgIpc) is 3.51. The van der Waals surface area contributed by atoms with E-state index >= 15 is 0 Å². The first-order chi connectivity index (χ1) is 24.0. The van der Waals surface area contributed by atoms with E-state index in [1.54, 1.807) is 0 Å². The van der Waals surface area contributed by atoms with E-state index in [1.807, 2.05) is 6.20 Å². The lowest BCUT2D eigenvalue weighted by molar-refractivity contribution is 0.329. The summed E-state index contributed by atoms with van der Waals surface area (Å²) in [7, 11) is 0. The van der Waals surface area contributed by atoms with E-state index in [1.165, 1.54) is 50.2 Å². The molecule has 0 N–H and O–H groups in total. The maximum atomic E-state index is 5.22. The van der Waals surface area contributed by atoms with Gasteiger partial charge in [0.1, 0.15) is 6.17 Å². The van der Waals surface area contributed by atoms with Crippen molar-refractivity contribution in [3.8, 4) is 44.5 Å². The normalized spacial score (nSPS) is 14.1. The van der Waals surface area contributed by atoms with Crippen LogP contribution in [0, 0.1) is 5.41 Å². The van der Waals surface area contributed by atoms with Crippen LogP contribution in [0.2, 0.25) is 0 Å². The molecule has 0 aliphatic carbocycles. The number of benzene rings is 6. The van der Waals surface area contributed by atoms with Crippen molar-refractivity contribution in [1.29, 1.82) is 0 Å². The minimum absolute atomic E-state index is 0.128. The Morgan fingerprint density at radius 2 is 0.776 bits per heavy atom. The van der Waals surface area contributed by atoms with Crippen LogP contribution in [-0.4, -0.2) is 11.1 Å². The summed E-state index contributed by atoms with van der Waals surface area (Å²) in [5.41, 5.74) is 12.6. The van der Waals surface area contributed by atoms with Gasteiger partial charge >= 0.3 is 0 Å². The van der Waals surface area contributed by atoms with Crippen molar-refractivity contribution in [2.45, 2.75) is 26.9 Å². The largest absolute Gasteiger partial charge is 0.315 e. The Labute approximate surface area is 289 Å². The quantitative estimate of drug-likeness (QED) is 0.182. The van der Waals surface area contributed by atoms with Gasteiger partial charge in [0, 0.05) is 33.9 Å². The van der Waals surface area contributed by atoms with E-state index in [-0.39, 0.29) is 11.6 Å².